The minimum Gasteiger partial charge on any atom is -0.394 e. The average molecular weight is 1130 g/mol. The van der Waals surface area contributed by atoms with E-state index in [1.54, 1.807) is 0 Å². The van der Waals surface area contributed by atoms with E-state index in [9.17, 15) is 81.7 Å². The lowest BCUT2D eigenvalue weighted by Crippen LogP contribution is -2.65. The number of ether oxygens (including phenoxy) is 8. The molecule has 0 bridgehead atoms. The van der Waals surface area contributed by atoms with Crippen molar-refractivity contribution in [2.45, 2.75) is 253 Å². The maximum Gasteiger partial charge on any atom is 0.187 e. The average Bonchev–Trinajstić information content (AvgIpc) is 3.21. The van der Waals surface area contributed by atoms with Crippen LogP contribution in [0.2, 0.25) is 0 Å². The SMILES string of the molecule is C[C@H](CCC(O[C@@H]1OC(CO[C@@H]2O[C@H](CO)[C@@H](O)[C@H](O)[C@H]2O)[C@@H](O)[C@H](O)[C@H]1O[C@@H]1O[C@H](CO)[C@@H](O)[C@H](O)[C@H]1O)C(C)(C)O)[C@H]1CC[C@@]2(C)[C@@H]3CC=C4[C@H](CC[C@H](O[C@@H]5O[C@H](CO)[C@@H](O)[C@H](O)[C@H]5O)C4(C)C)[C@]3(C)[C@H](O)C[C@]12C. The summed E-state index contributed by atoms with van der Waals surface area (Å²) in [5.74, 6) is 0.223. The normalized spacial score (nSPS) is 51.4. The summed E-state index contributed by atoms with van der Waals surface area (Å²) in [5.41, 5.74) is -2.07. The van der Waals surface area contributed by atoms with Crippen molar-refractivity contribution in [3.05, 3.63) is 11.6 Å². The summed E-state index contributed by atoms with van der Waals surface area (Å²) >= 11 is 0. The summed E-state index contributed by atoms with van der Waals surface area (Å²) < 4.78 is 47.7. The van der Waals surface area contributed by atoms with E-state index in [2.05, 4.69) is 47.6 Å². The summed E-state index contributed by atoms with van der Waals surface area (Å²) in [6.45, 7) is 13.5. The third-order valence-corrected chi connectivity index (χ3v) is 20.8. The highest BCUT2D eigenvalue weighted by atomic mass is 16.8. The van der Waals surface area contributed by atoms with Crippen LogP contribution in [-0.2, 0) is 37.9 Å². The highest BCUT2D eigenvalue weighted by Gasteiger charge is 2.70. The van der Waals surface area contributed by atoms with Gasteiger partial charge in [-0.1, -0.05) is 53.2 Å². The molecule has 0 radical (unpaired) electrons. The minimum atomic E-state index is -1.93. The lowest BCUT2D eigenvalue weighted by molar-refractivity contribution is -0.380. The molecule has 4 saturated heterocycles. The zero-order valence-corrected chi connectivity index (χ0v) is 46.1. The molecule has 4 aliphatic carbocycles. The fourth-order valence-corrected chi connectivity index (χ4v) is 15.6. The van der Waals surface area contributed by atoms with Crippen LogP contribution in [0, 0.1) is 45.3 Å². The Labute approximate surface area is 455 Å². The fraction of sp³-hybridized carbons (Fsp3) is 0.963. The lowest BCUT2D eigenvalue weighted by Gasteiger charge is -2.67. The van der Waals surface area contributed by atoms with Gasteiger partial charge in [0.2, 0.25) is 0 Å². The van der Waals surface area contributed by atoms with Gasteiger partial charge in [0.1, 0.15) is 97.7 Å². The Balaban J connectivity index is 0.987. The number of rotatable bonds is 17. The molecule has 8 rings (SSSR count). The molecule has 0 aromatic rings. The van der Waals surface area contributed by atoms with Gasteiger partial charge < -0.3 is 120 Å². The largest absolute Gasteiger partial charge is 0.394 e. The molecule has 0 amide bonds. The molecule has 24 nitrogen and oxygen atoms in total. The van der Waals surface area contributed by atoms with E-state index in [4.69, 9.17) is 37.9 Å². The number of aliphatic hydroxyl groups excluding tert-OH is 15. The van der Waals surface area contributed by atoms with Crippen LogP contribution in [0.3, 0.4) is 0 Å². The third-order valence-electron chi connectivity index (χ3n) is 20.8. The Bertz CT molecular complexity index is 2020. The van der Waals surface area contributed by atoms with Crippen molar-refractivity contribution < 1.29 is 120 Å². The van der Waals surface area contributed by atoms with Gasteiger partial charge in [-0.15, -0.1) is 0 Å². The molecule has 2 unspecified atom stereocenters. The smallest absolute Gasteiger partial charge is 0.187 e. The monoisotopic (exact) mass is 1120 g/mol. The molecule has 78 heavy (non-hydrogen) atoms. The molecule has 3 saturated carbocycles. The highest BCUT2D eigenvalue weighted by Crippen LogP contribution is 2.75. The van der Waals surface area contributed by atoms with Crippen LogP contribution in [0.25, 0.3) is 0 Å². The zero-order valence-electron chi connectivity index (χ0n) is 46.1. The molecule has 24 heteroatoms. The van der Waals surface area contributed by atoms with Crippen LogP contribution in [-0.4, -0.2) is 255 Å². The summed E-state index contributed by atoms with van der Waals surface area (Å²) in [6.07, 6.45) is -27.6. The zero-order chi connectivity index (χ0) is 57.5. The second-order valence-corrected chi connectivity index (χ2v) is 25.9. The van der Waals surface area contributed by atoms with Crippen molar-refractivity contribution in [3.63, 3.8) is 0 Å². The van der Waals surface area contributed by atoms with Crippen LogP contribution in [0.15, 0.2) is 11.6 Å². The molecular weight excluding hydrogens is 1030 g/mol. The number of allylic oxidation sites excluding steroid dienone is 1. The van der Waals surface area contributed by atoms with E-state index in [0.29, 0.717) is 32.1 Å². The van der Waals surface area contributed by atoms with Gasteiger partial charge >= 0.3 is 0 Å². The van der Waals surface area contributed by atoms with Crippen molar-refractivity contribution in [3.8, 4) is 0 Å². The van der Waals surface area contributed by atoms with Gasteiger partial charge in [0.15, 0.2) is 25.2 Å². The van der Waals surface area contributed by atoms with Gasteiger partial charge in [0, 0.05) is 10.8 Å². The maximum atomic E-state index is 12.7. The lowest BCUT2D eigenvalue weighted by atomic mass is 9.38. The molecule has 4 aliphatic heterocycles. The summed E-state index contributed by atoms with van der Waals surface area (Å²) in [4.78, 5) is 0. The van der Waals surface area contributed by atoms with Gasteiger partial charge in [0.25, 0.3) is 0 Å². The maximum absolute atomic E-state index is 12.7. The van der Waals surface area contributed by atoms with Crippen LogP contribution < -0.4 is 0 Å². The number of fused-ring (bicyclic) bond motifs is 5. The van der Waals surface area contributed by atoms with Gasteiger partial charge in [-0.25, -0.2) is 0 Å². The quantitative estimate of drug-likeness (QED) is 0.0637. The van der Waals surface area contributed by atoms with Gasteiger partial charge in [-0.2, -0.15) is 0 Å². The Kier molecular flexibility index (Phi) is 19.1. The molecule has 4 heterocycles. The Morgan fingerprint density at radius 2 is 1.09 bits per heavy atom. The second-order valence-electron chi connectivity index (χ2n) is 25.9. The van der Waals surface area contributed by atoms with Crippen LogP contribution >= 0.6 is 0 Å². The van der Waals surface area contributed by atoms with E-state index < -0.39 is 184 Å². The van der Waals surface area contributed by atoms with Crippen molar-refractivity contribution in [2.24, 2.45) is 45.3 Å². The van der Waals surface area contributed by atoms with Crippen molar-refractivity contribution in [1.29, 1.82) is 0 Å². The van der Waals surface area contributed by atoms with Crippen LogP contribution in [0.1, 0.15) is 107 Å². The van der Waals surface area contributed by atoms with Crippen molar-refractivity contribution in [2.75, 3.05) is 26.4 Å². The van der Waals surface area contributed by atoms with Gasteiger partial charge in [-0.3, -0.25) is 0 Å². The number of aliphatic hydroxyl groups is 16. The van der Waals surface area contributed by atoms with E-state index in [-0.39, 0.29) is 40.9 Å². The minimum absolute atomic E-state index is 0.00555. The summed E-state index contributed by atoms with van der Waals surface area (Å²) in [5, 5.41) is 172. The number of hydrogen-bond donors (Lipinski definition) is 16. The Morgan fingerprint density at radius 3 is 1.63 bits per heavy atom. The Morgan fingerprint density at radius 1 is 0.590 bits per heavy atom. The predicted octanol–water partition coefficient (Wildman–Crippen LogP) is -3.23. The highest BCUT2D eigenvalue weighted by molar-refractivity contribution is 5.32. The first-order chi connectivity index (χ1) is 36.4. The number of hydrogen-bond acceptors (Lipinski definition) is 24. The molecule has 0 aromatic heterocycles. The van der Waals surface area contributed by atoms with Crippen molar-refractivity contribution in [1.82, 2.24) is 0 Å². The standard InChI is InChI=1S/C54H92O24/c1-22(23-15-16-52(6)30-12-10-24-25(54(30,8)31(58)17-53(23,52)7)11-14-32(50(24,2)3)76-47-43(68)39(64)35(60)27(19-56)73-47)9-13-33(51(4,5)70)77-49-45(78-48-44(69)40(65)36(61)28(20-57)74-48)41(66)37(62)29(75-49)21-71-46-42(67)38(63)34(59)26(18-55)72-46/h10,22-23,25-49,55-70H,9,11-21H2,1-8H3/t22-,23-,25+,26-,27-,28-,29?,30+,31-,32+,33?,34-,35-,36-,37-,38+,39+,40+,41+,42-,43-,44-,45-,46-,47+,48+,49+,52+,53-,54+/m1/s1. The van der Waals surface area contributed by atoms with E-state index in [1.165, 1.54) is 13.8 Å². The first kappa shape index (κ1) is 62.8. The molecule has 7 fully saturated rings. The second kappa shape index (κ2) is 23.7. The third kappa shape index (κ3) is 11.0. The predicted molar refractivity (Wildman–Crippen MR) is 268 cm³/mol. The van der Waals surface area contributed by atoms with Gasteiger partial charge in [0.05, 0.1) is 50.3 Å². The van der Waals surface area contributed by atoms with Crippen LogP contribution in [0.5, 0.6) is 0 Å². The molecular formula is C54H92O24. The first-order valence-corrected chi connectivity index (χ1v) is 28.0. The van der Waals surface area contributed by atoms with Gasteiger partial charge in [-0.05, 0) is 99.7 Å². The molecule has 452 valence electrons. The molecule has 8 aliphatic rings. The topological polar surface area (TPSA) is 398 Å². The molecule has 30 atom stereocenters. The van der Waals surface area contributed by atoms with Crippen LogP contribution in [0.4, 0.5) is 0 Å². The Hall–Kier alpha value is -1.22. The van der Waals surface area contributed by atoms with E-state index in [0.717, 1.165) is 18.4 Å². The molecule has 16 N–H and O–H groups in total. The summed E-state index contributed by atoms with van der Waals surface area (Å²) in [6, 6.07) is 0. The summed E-state index contributed by atoms with van der Waals surface area (Å²) in [7, 11) is 0. The fourth-order valence-electron chi connectivity index (χ4n) is 15.6. The van der Waals surface area contributed by atoms with E-state index >= 15 is 0 Å². The first-order valence-electron chi connectivity index (χ1n) is 28.0. The molecule has 0 aromatic carbocycles. The van der Waals surface area contributed by atoms with E-state index in [1.807, 2.05) is 0 Å². The van der Waals surface area contributed by atoms with Crippen molar-refractivity contribution >= 4 is 0 Å². The molecule has 0 spiro atoms.